The Morgan fingerprint density at radius 3 is 2.66 bits per heavy atom. The number of methoxy groups -OCH3 is 1. The van der Waals surface area contributed by atoms with Crippen molar-refractivity contribution in [1.29, 1.82) is 0 Å². The third-order valence-corrected chi connectivity index (χ3v) is 8.30. The van der Waals surface area contributed by atoms with Crippen LogP contribution in [0.25, 0.3) is 15.2 Å². The van der Waals surface area contributed by atoms with Crippen LogP contribution in [0.2, 0.25) is 0 Å². The zero-order chi connectivity index (χ0) is 22.2. The Morgan fingerprint density at radius 1 is 1.09 bits per heavy atom. The molecule has 0 N–H and O–H groups in total. The van der Waals surface area contributed by atoms with Crippen molar-refractivity contribution in [3.05, 3.63) is 50.1 Å². The van der Waals surface area contributed by atoms with Crippen molar-refractivity contribution in [2.24, 2.45) is 0 Å². The average molecular weight is 470 g/mol. The Bertz CT molecular complexity index is 1320. The minimum absolute atomic E-state index is 0.0400. The summed E-state index contributed by atoms with van der Waals surface area (Å²) in [6.07, 6.45) is 1.89. The lowest BCUT2D eigenvalue weighted by Crippen LogP contribution is -2.46. The number of hydrogen-bond donors (Lipinski definition) is 0. The molecule has 3 aromatic heterocycles. The van der Waals surface area contributed by atoms with E-state index in [4.69, 9.17) is 9.72 Å². The molecule has 4 heterocycles. The van der Waals surface area contributed by atoms with Crippen LogP contribution in [-0.2, 0) is 6.42 Å². The lowest BCUT2D eigenvalue weighted by atomic mass is 10.2. The Kier molecular flexibility index (Phi) is 5.88. The summed E-state index contributed by atoms with van der Waals surface area (Å²) >= 11 is 3.13. The number of para-hydroxylation sites is 2. The maximum atomic E-state index is 12.9. The molecule has 0 amide bonds. The molecule has 168 valence electrons. The van der Waals surface area contributed by atoms with Gasteiger partial charge < -0.3 is 9.64 Å². The van der Waals surface area contributed by atoms with Gasteiger partial charge in [0.25, 0.3) is 5.56 Å². The Labute approximate surface area is 194 Å². The lowest BCUT2D eigenvalue weighted by Gasteiger charge is -2.36. The highest BCUT2D eigenvalue weighted by atomic mass is 32.1. The monoisotopic (exact) mass is 469 g/mol. The van der Waals surface area contributed by atoms with Gasteiger partial charge >= 0.3 is 0 Å². The van der Waals surface area contributed by atoms with Gasteiger partial charge in [0.2, 0.25) is 4.96 Å². The summed E-state index contributed by atoms with van der Waals surface area (Å²) in [5.41, 5.74) is 2.16. The molecule has 0 radical (unpaired) electrons. The van der Waals surface area contributed by atoms with Crippen LogP contribution in [0.15, 0.2) is 29.1 Å². The molecule has 1 aliphatic heterocycles. The van der Waals surface area contributed by atoms with Gasteiger partial charge in [0.05, 0.1) is 18.2 Å². The molecule has 0 bridgehead atoms. The van der Waals surface area contributed by atoms with Crippen LogP contribution >= 0.6 is 22.7 Å². The van der Waals surface area contributed by atoms with Gasteiger partial charge in [0.1, 0.15) is 15.6 Å². The molecule has 5 rings (SSSR count). The van der Waals surface area contributed by atoms with Crippen molar-refractivity contribution in [3.8, 4) is 5.75 Å². The third kappa shape index (κ3) is 3.89. The molecular weight excluding hydrogens is 442 g/mol. The van der Waals surface area contributed by atoms with E-state index < -0.39 is 0 Å². The number of benzene rings is 1. The first-order valence-electron chi connectivity index (χ1n) is 10.9. The smallest absolute Gasteiger partial charge is 0.284 e. The predicted octanol–water partition coefficient (Wildman–Crippen LogP) is 3.75. The lowest BCUT2D eigenvalue weighted by molar-refractivity contribution is 0.254. The number of piperazine rings is 1. The van der Waals surface area contributed by atoms with Crippen LogP contribution in [0.4, 0.5) is 5.69 Å². The molecule has 0 unspecified atom stereocenters. The summed E-state index contributed by atoms with van der Waals surface area (Å²) in [6.45, 7) is 9.12. The van der Waals surface area contributed by atoms with E-state index in [0.717, 1.165) is 77.0 Å². The molecular formula is C23H27N5O2S2. The van der Waals surface area contributed by atoms with Gasteiger partial charge in [0, 0.05) is 37.5 Å². The van der Waals surface area contributed by atoms with Gasteiger partial charge in [-0.1, -0.05) is 23.5 Å². The van der Waals surface area contributed by atoms with E-state index in [0.29, 0.717) is 4.96 Å². The normalized spacial score (nSPS) is 15.2. The van der Waals surface area contributed by atoms with Crippen LogP contribution in [0, 0.1) is 13.8 Å². The average Bonchev–Trinajstić information content (AvgIpc) is 3.34. The van der Waals surface area contributed by atoms with Crippen molar-refractivity contribution in [2.75, 3.05) is 44.7 Å². The van der Waals surface area contributed by atoms with E-state index in [9.17, 15) is 4.79 Å². The van der Waals surface area contributed by atoms with Crippen molar-refractivity contribution < 1.29 is 4.74 Å². The van der Waals surface area contributed by atoms with E-state index >= 15 is 0 Å². The molecule has 1 saturated heterocycles. The molecule has 7 nitrogen and oxygen atoms in total. The van der Waals surface area contributed by atoms with Crippen molar-refractivity contribution in [2.45, 2.75) is 26.7 Å². The Balaban J connectivity index is 1.20. The second-order valence-electron chi connectivity index (χ2n) is 8.17. The van der Waals surface area contributed by atoms with Crippen LogP contribution in [0.1, 0.15) is 21.9 Å². The third-order valence-electron chi connectivity index (χ3n) is 6.24. The summed E-state index contributed by atoms with van der Waals surface area (Å²) in [5.74, 6) is 0.936. The van der Waals surface area contributed by atoms with E-state index in [2.05, 4.69) is 27.0 Å². The maximum absolute atomic E-state index is 12.9. The number of aryl methyl sites for hydroxylation is 3. The first-order chi connectivity index (χ1) is 15.5. The minimum Gasteiger partial charge on any atom is -0.495 e. The van der Waals surface area contributed by atoms with Gasteiger partial charge in [-0.25, -0.2) is 4.98 Å². The van der Waals surface area contributed by atoms with Crippen molar-refractivity contribution in [1.82, 2.24) is 19.5 Å². The minimum atomic E-state index is -0.0400. The number of ether oxygens (including phenoxy) is 1. The Morgan fingerprint density at radius 2 is 1.88 bits per heavy atom. The van der Waals surface area contributed by atoms with Crippen LogP contribution in [0.5, 0.6) is 5.75 Å². The first-order valence-corrected chi connectivity index (χ1v) is 12.6. The highest BCUT2D eigenvalue weighted by Gasteiger charge is 2.20. The molecule has 9 heteroatoms. The van der Waals surface area contributed by atoms with E-state index in [1.165, 1.54) is 21.5 Å². The molecule has 1 fully saturated rings. The van der Waals surface area contributed by atoms with Crippen molar-refractivity contribution >= 4 is 43.5 Å². The first kappa shape index (κ1) is 21.4. The zero-order valence-electron chi connectivity index (χ0n) is 18.6. The Hall–Kier alpha value is -2.49. The zero-order valence-corrected chi connectivity index (χ0v) is 20.3. The fourth-order valence-electron chi connectivity index (χ4n) is 4.32. The summed E-state index contributed by atoms with van der Waals surface area (Å²) < 4.78 is 7.01. The summed E-state index contributed by atoms with van der Waals surface area (Å²) in [5, 5.41) is 6.29. The van der Waals surface area contributed by atoms with E-state index in [1.54, 1.807) is 18.4 Å². The number of aromatic nitrogens is 3. The SMILES string of the molecule is COc1ccccc1N1CCN(CCCc2nn3c(=O)c4c(C)c(C)sc4nc3s2)CC1. The summed E-state index contributed by atoms with van der Waals surface area (Å²) in [6, 6.07) is 8.22. The molecule has 0 aliphatic carbocycles. The predicted molar refractivity (Wildman–Crippen MR) is 132 cm³/mol. The van der Waals surface area contributed by atoms with Gasteiger partial charge in [0.15, 0.2) is 0 Å². The molecule has 0 saturated carbocycles. The quantitative estimate of drug-likeness (QED) is 0.429. The van der Waals surface area contributed by atoms with Crippen LogP contribution in [0.3, 0.4) is 0 Å². The molecule has 0 spiro atoms. The number of thiophene rings is 1. The fourth-order valence-corrected chi connectivity index (χ4v) is 6.32. The number of anilines is 1. The number of rotatable bonds is 6. The van der Waals surface area contributed by atoms with Crippen LogP contribution in [-0.4, -0.2) is 59.3 Å². The standard InChI is InChI=1S/C23H27N5O2S2/c1-15-16(2)31-21-20(15)22(29)28-23(24-21)32-19(25-28)9-6-10-26-11-13-27(14-12-26)17-7-4-5-8-18(17)30-3/h4-5,7-8H,6,9-14H2,1-3H3. The van der Waals surface area contributed by atoms with Gasteiger partial charge in [-0.15, -0.1) is 11.3 Å². The molecule has 0 atom stereocenters. The molecule has 32 heavy (non-hydrogen) atoms. The van der Waals surface area contributed by atoms with Crippen LogP contribution < -0.4 is 15.2 Å². The molecule has 1 aromatic carbocycles. The van der Waals surface area contributed by atoms with Gasteiger partial charge in [-0.3, -0.25) is 9.69 Å². The molecule has 1 aliphatic rings. The largest absolute Gasteiger partial charge is 0.495 e. The summed E-state index contributed by atoms with van der Waals surface area (Å²) in [4.78, 5) is 25.2. The van der Waals surface area contributed by atoms with Gasteiger partial charge in [-0.05, 0) is 44.5 Å². The highest BCUT2D eigenvalue weighted by Crippen LogP contribution is 2.29. The molecule has 4 aromatic rings. The highest BCUT2D eigenvalue weighted by molar-refractivity contribution is 7.19. The summed E-state index contributed by atoms with van der Waals surface area (Å²) in [7, 11) is 1.73. The second kappa shape index (κ2) is 8.80. The number of hydrogen-bond acceptors (Lipinski definition) is 8. The number of fused-ring (bicyclic) bond motifs is 2. The number of nitrogens with zero attached hydrogens (tertiary/aromatic N) is 5. The maximum Gasteiger partial charge on any atom is 0.284 e. The fraction of sp³-hybridized carbons (Fsp3) is 0.435. The topological polar surface area (TPSA) is 63.0 Å². The van der Waals surface area contributed by atoms with E-state index in [1.807, 2.05) is 26.0 Å². The van der Waals surface area contributed by atoms with E-state index in [-0.39, 0.29) is 5.56 Å². The second-order valence-corrected chi connectivity index (χ2v) is 10.4. The van der Waals surface area contributed by atoms with Gasteiger partial charge in [-0.2, -0.15) is 9.61 Å². The van der Waals surface area contributed by atoms with Crippen molar-refractivity contribution in [3.63, 3.8) is 0 Å².